The number of fused-ring (bicyclic) bond motifs is 19. The predicted molar refractivity (Wildman–Crippen MR) is 605 cm³/mol. The number of piperidine rings is 3. The minimum Gasteiger partial charge on any atom is -0.303 e. The van der Waals surface area contributed by atoms with Gasteiger partial charge >= 0.3 is 0 Å². The van der Waals surface area contributed by atoms with E-state index in [2.05, 4.69) is 32.6 Å². The quantitative estimate of drug-likeness (QED) is 0.234. The molecule has 0 aromatic rings. The van der Waals surface area contributed by atoms with Crippen molar-refractivity contribution in [2.75, 3.05) is 19.6 Å². The Hall–Kier alpha value is -0.0400. The molecule has 136 heavy (non-hydrogen) atoms. The highest BCUT2D eigenvalue weighted by atomic mass is 15.1. The van der Waals surface area contributed by atoms with Crippen LogP contribution in [0.2, 0.25) is 0 Å². The fraction of sp³-hybridized carbons (Fsp3) is 1.00. The smallest absolute Gasteiger partial charge is 0.00161 e. The fourth-order valence-electron chi connectivity index (χ4n) is 39.7. The van der Waals surface area contributed by atoms with Crippen molar-refractivity contribution in [2.45, 2.75) is 621 Å². The van der Waals surface area contributed by atoms with Gasteiger partial charge in [-0.25, -0.2) is 0 Å². The Bertz CT molecular complexity index is 2580. The fourth-order valence-corrected chi connectivity index (χ4v) is 39.7. The van der Waals surface area contributed by atoms with E-state index in [0.717, 1.165) is 123 Å². The third-order valence-electron chi connectivity index (χ3n) is 45.0. The lowest BCUT2D eigenvalue weighted by molar-refractivity contribution is -0.0411. The van der Waals surface area contributed by atoms with Gasteiger partial charge in [0.15, 0.2) is 0 Å². The van der Waals surface area contributed by atoms with Crippen molar-refractivity contribution < 1.29 is 0 Å². The van der Waals surface area contributed by atoms with Crippen molar-refractivity contribution in [3.8, 4) is 0 Å². The summed E-state index contributed by atoms with van der Waals surface area (Å²) >= 11 is 0. The zero-order valence-corrected chi connectivity index (χ0v) is 97.4. The van der Waals surface area contributed by atoms with E-state index >= 15 is 0 Å². The van der Waals surface area contributed by atoms with E-state index in [4.69, 9.17) is 0 Å². The standard InChI is InChI=1S/3C11H18.C10H16.2C10H18.C9H14.C9H16.C8H14.C7H13N.3C7H12.9C2H6/c1-11-5-8-2-9(6-11)4-10(3-8)7-11;1-7-10-3-8-2-9(5-10)6-11(7)4-8;1-2-9-5-10-3-8(1)4-11(6-9)7-10;1-7-2-9-4-8(1)5-10(3-7)6-9;1-10-6-2-4-9(8-10)5-3-7-10;1-8-9-4-2-5-10(8)7-3-6-9;1-6-2-8-4-7(1)5-9(8)3-6;1-3-8-5-2-6-9(4-1)7-8;1-2-8-5-3-7(1)4-6-8;1-4-8-5-2-7(1)3-6-8;2*1-2-7-4-3-6(1)5-7;1-2-6-4-7(3-1)5-6;9*1-2/h8-10H,2-7H2,1H3;7-11H,2-6H2,1H3;8-11H,1-7H2;7-10H,1-6H2;9H,2-8H2,1H3;8-10H,2-7H2,1H3;6-9H,1-5H2;8-9H,1-7H2;7-8H,1-6H2;7H,1-6H2;3*6-7H,1-5H2;9*1-2H3. The number of hydrogen-bond donors (Lipinski definition) is 0. The normalized spacial score (nSPS) is 45.3. The molecule has 0 amide bonds. The van der Waals surface area contributed by atoms with Gasteiger partial charge in [0.2, 0.25) is 0 Å². The van der Waals surface area contributed by atoms with Crippen LogP contribution in [0.4, 0.5) is 0 Å². The highest BCUT2D eigenvalue weighted by Crippen LogP contribution is 2.63. The van der Waals surface area contributed by atoms with Crippen LogP contribution in [0.5, 0.6) is 0 Å². The second kappa shape index (κ2) is 63.1. The molecule has 3 heterocycles. The maximum absolute atomic E-state index is 2.58. The molecule has 0 aromatic heterocycles. The Balaban J connectivity index is 0.000000150. The van der Waals surface area contributed by atoms with Crippen molar-refractivity contribution in [3.63, 3.8) is 0 Å². The lowest BCUT2D eigenvalue weighted by atomic mass is 9.50. The summed E-state index contributed by atoms with van der Waals surface area (Å²) in [7, 11) is 0. The Morgan fingerprint density at radius 3 is 0.522 bits per heavy atom. The zero-order chi connectivity index (χ0) is 97.5. The van der Waals surface area contributed by atoms with Gasteiger partial charge in [-0.05, 0) is 482 Å². The molecule has 1 nitrogen and oxygen atoms in total. The van der Waals surface area contributed by atoms with Crippen LogP contribution < -0.4 is 0 Å². The number of hydrogen-bond acceptors (Lipinski definition) is 1. The van der Waals surface area contributed by atoms with Crippen LogP contribution in [0.1, 0.15) is 621 Å². The minimum atomic E-state index is 0.779. The minimum absolute atomic E-state index is 0.779. The third-order valence-corrected chi connectivity index (χ3v) is 45.0. The van der Waals surface area contributed by atoms with Crippen molar-refractivity contribution in [3.05, 3.63) is 0 Å². The molecule has 39 fully saturated rings. The molecular formula is C135H253N. The second-order valence-corrected chi connectivity index (χ2v) is 54.2. The van der Waals surface area contributed by atoms with E-state index in [1.807, 2.05) is 125 Å². The van der Waals surface area contributed by atoms with Crippen molar-refractivity contribution >= 4 is 0 Å². The summed E-state index contributed by atoms with van der Waals surface area (Å²) in [6.45, 7) is 50.2. The van der Waals surface area contributed by atoms with Crippen LogP contribution >= 0.6 is 0 Å². The van der Waals surface area contributed by atoms with Gasteiger partial charge in [-0.2, -0.15) is 0 Å². The number of nitrogens with zero attached hydrogens (tertiary/aromatic N) is 1. The summed E-state index contributed by atoms with van der Waals surface area (Å²) in [4.78, 5) is 2.58. The molecule has 39 rings (SSSR count). The molecule has 0 atom stereocenters. The summed E-state index contributed by atoms with van der Waals surface area (Å²) in [5, 5.41) is 0. The Kier molecular flexibility index (Phi) is 54.7. The maximum atomic E-state index is 2.58. The Morgan fingerprint density at radius 2 is 0.316 bits per heavy atom. The first kappa shape index (κ1) is 118. The summed E-state index contributed by atoms with van der Waals surface area (Å²) in [6.07, 6.45) is 114. The third kappa shape index (κ3) is 36.4. The van der Waals surface area contributed by atoms with Gasteiger partial charge in [0, 0.05) is 0 Å². The van der Waals surface area contributed by atoms with Gasteiger partial charge in [-0.1, -0.05) is 377 Å². The lowest BCUT2D eigenvalue weighted by Crippen LogP contribution is -2.44. The average Bonchev–Trinajstić information content (AvgIpc) is 0.818. The molecule has 0 aromatic carbocycles. The highest BCUT2D eigenvalue weighted by Gasteiger charge is 2.51. The van der Waals surface area contributed by atoms with Crippen LogP contribution in [0.15, 0.2) is 0 Å². The van der Waals surface area contributed by atoms with E-state index in [0.29, 0.717) is 0 Å². The first-order valence-electron chi connectivity index (χ1n) is 66.4. The average molecular weight is 1890 g/mol. The van der Waals surface area contributed by atoms with Crippen LogP contribution in [0.25, 0.3) is 0 Å². The SMILES string of the molecule is C1C2CC3CC1CC(C2)C3.C1C2CC3CC1CC3C2.C1CC2CC(C1)C2.C1CC2CC3CC1CC(C2)C3.C1CC2CCC1C2.C1CC2CCC1C2.C1CC2CCC1CC2.C1CC2CCCC(C1)C2.C1CN2CCC1CC2.CC.CC.CC.CC.CC.CC.CC.CC.CC.CC12CC3CC(CC(C3)C1)C2.CC12CCCC(CCC1)C2.CC1C2CC3CC(C2)CC1C3.CC1C2CCCC1CCC2. The van der Waals surface area contributed by atoms with E-state index in [9.17, 15) is 0 Å². The van der Waals surface area contributed by atoms with E-state index < -0.39 is 0 Å². The Labute approximate surface area is 857 Å². The molecule has 0 radical (unpaired) electrons. The maximum Gasteiger partial charge on any atom is -0.00161 e. The summed E-state index contributed by atoms with van der Waals surface area (Å²) < 4.78 is 0. The van der Waals surface area contributed by atoms with Crippen molar-refractivity contribution in [2.24, 2.45) is 218 Å². The van der Waals surface area contributed by atoms with Gasteiger partial charge in [0.05, 0.1) is 0 Å². The molecule has 1 heteroatoms. The van der Waals surface area contributed by atoms with Gasteiger partial charge in [0.1, 0.15) is 0 Å². The summed E-state index contributed by atoms with van der Waals surface area (Å²) in [6, 6.07) is 0. The molecular weight excluding hydrogens is 1640 g/mol. The van der Waals surface area contributed by atoms with Crippen LogP contribution in [0.3, 0.4) is 0 Å². The van der Waals surface area contributed by atoms with Crippen molar-refractivity contribution in [1.29, 1.82) is 0 Å². The summed E-state index contributed by atoms with van der Waals surface area (Å²) in [5.74, 6) is 40.5. The molecule has 36 aliphatic carbocycles. The van der Waals surface area contributed by atoms with Gasteiger partial charge in [-0.15, -0.1) is 0 Å². The number of rotatable bonds is 0. The van der Waals surface area contributed by atoms with E-state index in [-0.39, 0.29) is 0 Å². The van der Waals surface area contributed by atoms with Crippen LogP contribution in [-0.4, -0.2) is 24.5 Å². The highest BCUT2D eigenvalue weighted by molar-refractivity contribution is 5.02. The molecule has 36 saturated carbocycles. The monoisotopic (exact) mass is 1890 g/mol. The van der Waals surface area contributed by atoms with Gasteiger partial charge in [-0.3, -0.25) is 0 Å². The largest absolute Gasteiger partial charge is 0.303 e. The molecule has 3 aliphatic heterocycles. The first-order chi connectivity index (χ1) is 66.6. The zero-order valence-electron chi connectivity index (χ0n) is 97.4. The molecule has 798 valence electrons. The Morgan fingerprint density at radius 1 is 0.140 bits per heavy atom. The topological polar surface area (TPSA) is 3.24 Å². The second-order valence-electron chi connectivity index (χ2n) is 54.2. The molecule has 0 spiro atoms. The molecule has 36 bridgehead atoms. The van der Waals surface area contributed by atoms with Crippen molar-refractivity contribution in [1.82, 2.24) is 4.90 Å². The first-order valence-corrected chi connectivity index (χ1v) is 66.4. The van der Waals surface area contributed by atoms with Gasteiger partial charge in [0.25, 0.3) is 0 Å². The predicted octanol–water partition coefficient (Wildman–Crippen LogP) is 43.9. The lowest BCUT2D eigenvalue weighted by Gasteiger charge is -2.55. The van der Waals surface area contributed by atoms with Crippen LogP contribution in [-0.2, 0) is 0 Å². The van der Waals surface area contributed by atoms with E-state index in [1.54, 1.807) is 353 Å². The molecule has 39 aliphatic rings. The molecule has 0 unspecified atom stereocenters. The molecule has 3 saturated heterocycles. The van der Waals surface area contributed by atoms with Gasteiger partial charge < -0.3 is 4.90 Å². The van der Waals surface area contributed by atoms with Crippen LogP contribution in [0, 0.1) is 218 Å². The molecule has 0 N–H and O–H groups in total. The summed E-state index contributed by atoms with van der Waals surface area (Å²) in [5.41, 5.74) is 1.58. The van der Waals surface area contributed by atoms with E-state index in [1.165, 1.54) is 230 Å².